The SMILES string of the molecule is CCOC(=O)[C@H](Cc1cc2c(cc1C[C@H](NC(C)=O)C(=O)OCC)C(=O)c1ccccc1C2=O)NC(C)=O. The molecule has 0 saturated carbocycles. The van der Waals surface area contributed by atoms with Gasteiger partial charge in [0.25, 0.3) is 0 Å². The van der Waals surface area contributed by atoms with Gasteiger partial charge in [-0.2, -0.15) is 0 Å². The highest BCUT2D eigenvalue weighted by molar-refractivity contribution is 6.28. The van der Waals surface area contributed by atoms with E-state index in [2.05, 4.69) is 10.6 Å². The largest absolute Gasteiger partial charge is 0.464 e. The minimum atomic E-state index is -1.09. The number of rotatable bonds is 10. The number of hydrogen-bond acceptors (Lipinski definition) is 8. The molecule has 0 saturated heterocycles. The second-order valence-corrected chi connectivity index (χ2v) is 8.79. The number of esters is 2. The molecule has 2 atom stereocenters. The summed E-state index contributed by atoms with van der Waals surface area (Å²) in [5.74, 6) is -3.01. The third kappa shape index (κ3) is 6.31. The van der Waals surface area contributed by atoms with Crippen LogP contribution in [0.3, 0.4) is 0 Å². The summed E-state index contributed by atoms with van der Waals surface area (Å²) in [5.41, 5.74) is 1.66. The topological polar surface area (TPSA) is 145 Å². The molecule has 2 amide bonds. The Labute approximate surface area is 220 Å². The van der Waals surface area contributed by atoms with Crippen LogP contribution in [0, 0.1) is 0 Å². The van der Waals surface area contributed by atoms with Crippen molar-refractivity contribution in [3.63, 3.8) is 0 Å². The summed E-state index contributed by atoms with van der Waals surface area (Å²) in [5, 5.41) is 5.12. The normalized spacial score (nSPS) is 13.5. The maximum atomic E-state index is 13.3. The summed E-state index contributed by atoms with van der Waals surface area (Å²) in [7, 11) is 0. The molecule has 2 N–H and O–H groups in total. The molecule has 0 aromatic heterocycles. The van der Waals surface area contributed by atoms with Crippen molar-refractivity contribution in [3.8, 4) is 0 Å². The molecular formula is C28H30N2O8. The van der Waals surface area contributed by atoms with Crippen molar-refractivity contribution >= 4 is 35.3 Å². The van der Waals surface area contributed by atoms with Crippen LogP contribution in [0.1, 0.15) is 70.7 Å². The smallest absolute Gasteiger partial charge is 0.328 e. The van der Waals surface area contributed by atoms with Crippen molar-refractivity contribution in [1.29, 1.82) is 0 Å². The van der Waals surface area contributed by atoms with E-state index in [1.54, 1.807) is 38.1 Å². The molecule has 0 spiro atoms. The second kappa shape index (κ2) is 12.3. The molecular weight excluding hydrogens is 492 g/mol. The number of hydrogen-bond donors (Lipinski definition) is 2. The van der Waals surface area contributed by atoms with Gasteiger partial charge in [-0.1, -0.05) is 24.3 Å². The van der Waals surface area contributed by atoms with Gasteiger partial charge in [0.1, 0.15) is 12.1 Å². The summed E-state index contributed by atoms with van der Waals surface area (Å²) in [6, 6.07) is 7.29. The lowest BCUT2D eigenvalue weighted by Gasteiger charge is -2.24. The number of ether oxygens (including phenoxy) is 2. The Morgan fingerprint density at radius 1 is 0.684 bits per heavy atom. The minimum absolute atomic E-state index is 0.0836. The Balaban J connectivity index is 2.15. The fourth-order valence-electron chi connectivity index (χ4n) is 4.42. The zero-order valence-electron chi connectivity index (χ0n) is 21.7. The maximum Gasteiger partial charge on any atom is 0.328 e. The molecule has 2 aromatic carbocycles. The molecule has 1 aliphatic carbocycles. The first kappa shape index (κ1) is 28.2. The number of fused-ring (bicyclic) bond motifs is 2. The average Bonchev–Trinajstić information content (AvgIpc) is 2.86. The van der Waals surface area contributed by atoms with Crippen LogP contribution in [0.25, 0.3) is 0 Å². The van der Waals surface area contributed by atoms with Crippen LogP contribution >= 0.6 is 0 Å². The van der Waals surface area contributed by atoms with Crippen molar-refractivity contribution in [2.24, 2.45) is 0 Å². The van der Waals surface area contributed by atoms with Crippen LogP contribution in [0.15, 0.2) is 36.4 Å². The molecule has 0 unspecified atom stereocenters. The third-order valence-electron chi connectivity index (χ3n) is 5.99. The molecule has 0 fully saturated rings. The molecule has 200 valence electrons. The first-order valence-corrected chi connectivity index (χ1v) is 12.3. The molecule has 38 heavy (non-hydrogen) atoms. The fourth-order valence-corrected chi connectivity index (χ4v) is 4.42. The summed E-state index contributed by atoms with van der Waals surface area (Å²) in [4.78, 5) is 75.6. The lowest BCUT2D eigenvalue weighted by molar-refractivity contribution is -0.147. The van der Waals surface area contributed by atoms with Gasteiger partial charge in [0.05, 0.1) is 13.2 Å². The Hall–Kier alpha value is -4.34. The van der Waals surface area contributed by atoms with Crippen LogP contribution in [-0.4, -0.2) is 60.6 Å². The number of nitrogens with one attached hydrogen (secondary N) is 2. The van der Waals surface area contributed by atoms with Gasteiger partial charge < -0.3 is 20.1 Å². The third-order valence-corrected chi connectivity index (χ3v) is 5.99. The Morgan fingerprint density at radius 2 is 1.05 bits per heavy atom. The molecule has 0 heterocycles. The second-order valence-electron chi connectivity index (χ2n) is 8.79. The van der Waals surface area contributed by atoms with Gasteiger partial charge in [-0.25, -0.2) is 9.59 Å². The van der Waals surface area contributed by atoms with E-state index >= 15 is 0 Å². The van der Waals surface area contributed by atoms with Crippen molar-refractivity contribution < 1.29 is 38.2 Å². The van der Waals surface area contributed by atoms with E-state index in [1.807, 2.05) is 0 Å². The number of ketones is 2. The number of amides is 2. The Bertz CT molecular complexity index is 1200. The van der Waals surface area contributed by atoms with Crippen molar-refractivity contribution in [2.75, 3.05) is 13.2 Å². The lowest BCUT2D eigenvalue weighted by Crippen LogP contribution is -2.44. The molecule has 1 aliphatic rings. The summed E-state index contributed by atoms with van der Waals surface area (Å²) in [6.45, 7) is 5.95. The maximum absolute atomic E-state index is 13.3. The number of benzene rings is 2. The predicted molar refractivity (Wildman–Crippen MR) is 136 cm³/mol. The first-order valence-electron chi connectivity index (χ1n) is 12.3. The molecule has 0 bridgehead atoms. The van der Waals surface area contributed by atoms with Crippen molar-refractivity contribution in [3.05, 3.63) is 69.8 Å². The molecule has 10 heteroatoms. The fraction of sp³-hybridized carbons (Fsp3) is 0.357. The van der Waals surface area contributed by atoms with E-state index in [0.717, 1.165) is 0 Å². The molecule has 0 radical (unpaired) electrons. The standard InChI is InChI=1S/C28H30N2O8/c1-5-37-27(35)23(29-15(3)31)13-17-11-21-22(26(34)20-10-8-7-9-19(20)25(21)33)12-18(17)14-24(30-16(4)32)28(36)38-6-2/h7-12,23-24H,5-6,13-14H2,1-4H3,(H,29,31)(H,30,32)/t23-,24-/m0/s1. The summed E-state index contributed by atoms with van der Waals surface area (Å²) < 4.78 is 10.2. The Morgan fingerprint density at radius 3 is 1.37 bits per heavy atom. The molecule has 0 aliphatic heterocycles. The van der Waals surface area contributed by atoms with Crippen LogP contribution in [0.2, 0.25) is 0 Å². The van der Waals surface area contributed by atoms with Crippen LogP contribution in [0.5, 0.6) is 0 Å². The number of carbonyl (C=O) groups is 6. The van der Waals surface area contributed by atoms with Gasteiger partial charge in [0, 0.05) is 48.9 Å². The van der Waals surface area contributed by atoms with Crippen LogP contribution in [-0.2, 0) is 41.5 Å². The summed E-state index contributed by atoms with van der Waals surface area (Å²) in [6.07, 6.45) is -0.167. The monoisotopic (exact) mass is 522 g/mol. The molecule has 10 nitrogen and oxygen atoms in total. The van der Waals surface area contributed by atoms with Gasteiger partial charge >= 0.3 is 11.9 Å². The van der Waals surface area contributed by atoms with E-state index in [9.17, 15) is 28.8 Å². The van der Waals surface area contributed by atoms with E-state index in [-0.39, 0.29) is 59.9 Å². The van der Waals surface area contributed by atoms with Crippen molar-refractivity contribution in [2.45, 2.75) is 52.6 Å². The summed E-state index contributed by atoms with van der Waals surface area (Å²) >= 11 is 0. The van der Waals surface area contributed by atoms with Gasteiger partial charge in [0.2, 0.25) is 11.8 Å². The van der Waals surface area contributed by atoms with E-state index in [4.69, 9.17) is 9.47 Å². The zero-order chi connectivity index (χ0) is 28.0. The van der Waals surface area contributed by atoms with Crippen molar-refractivity contribution in [1.82, 2.24) is 10.6 Å². The lowest BCUT2D eigenvalue weighted by atomic mass is 9.80. The van der Waals surface area contributed by atoms with Gasteiger partial charge in [-0.3, -0.25) is 19.2 Å². The highest BCUT2D eigenvalue weighted by Gasteiger charge is 2.33. The van der Waals surface area contributed by atoms with Gasteiger partial charge in [-0.05, 0) is 37.1 Å². The molecule has 3 rings (SSSR count). The quantitative estimate of drug-likeness (QED) is 0.383. The van der Waals surface area contributed by atoms with Crippen LogP contribution < -0.4 is 10.6 Å². The molecule has 2 aromatic rings. The Kier molecular flexibility index (Phi) is 9.11. The minimum Gasteiger partial charge on any atom is -0.464 e. The first-order chi connectivity index (χ1) is 18.1. The highest BCUT2D eigenvalue weighted by Crippen LogP contribution is 2.31. The van der Waals surface area contributed by atoms with Crippen LogP contribution in [0.4, 0.5) is 0 Å². The van der Waals surface area contributed by atoms with E-state index < -0.39 is 35.8 Å². The zero-order valence-corrected chi connectivity index (χ0v) is 21.7. The van der Waals surface area contributed by atoms with E-state index in [1.165, 1.54) is 26.0 Å². The van der Waals surface area contributed by atoms with Gasteiger partial charge in [-0.15, -0.1) is 0 Å². The predicted octanol–water partition coefficient (Wildman–Crippen LogP) is 1.68. The van der Waals surface area contributed by atoms with E-state index in [0.29, 0.717) is 11.1 Å². The highest BCUT2D eigenvalue weighted by atomic mass is 16.5. The van der Waals surface area contributed by atoms with Gasteiger partial charge in [0.15, 0.2) is 11.6 Å². The number of carbonyl (C=O) groups excluding carboxylic acids is 6. The average molecular weight is 523 g/mol.